The van der Waals surface area contributed by atoms with Crippen molar-refractivity contribution in [3.8, 4) is 11.8 Å². The third-order valence-electron chi connectivity index (χ3n) is 1.88. The molecule has 1 saturated carbocycles. The quantitative estimate of drug-likeness (QED) is 0.694. The predicted molar refractivity (Wildman–Crippen MR) is 44.8 cm³/mol. The molecule has 0 aliphatic heterocycles. The molecule has 0 amide bonds. The van der Waals surface area contributed by atoms with Crippen LogP contribution in [0.2, 0.25) is 0 Å². The average molecular weight is 177 g/mol. The van der Waals surface area contributed by atoms with Crippen LogP contribution in [0.15, 0.2) is 18.2 Å². The van der Waals surface area contributed by atoms with Crippen molar-refractivity contribution >= 4 is 0 Å². The van der Waals surface area contributed by atoms with Crippen molar-refractivity contribution in [1.82, 2.24) is 0 Å². The minimum atomic E-state index is -0.366. The van der Waals surface area contributed by atoms with Gasteiger partial charge in [-0.2, -0.15) is 5.26 Å². The zero-order chi connectivity index (χ0) is 9.26. The molecule has 0 spiro atoms. The maximum Gasteiger partial charge on any atom is 0.140 e. The Kier molecular flexibility index (Phi) is 1.90. The lowest BCUT2D eigenvalue weighted by Crippen LogP contribution is -1.98. The molecule has 2 nitrogen and oxygen atoms in total. The standard InChI is InChI=1S/C10H8FNO/c11-8-2-1-7(6-12)10(5-8)13-9-3-4-9/h1-2,5,9H,3-4H2. The van der Waals surface area contributed by atoms with Crippen molar-refractivity contribution < 1.29 is 9.13 Å². The molecule has 0 heterocycles. The fraction of sp³-hybridized carbons (Fsp3) is 0.300. The zero-order valence-corrected chi connectivity index (χ0v) is 6.96. The van der Waals surface area contributed by atoms with E-state index in [1.54, 1.807) is 0 Å². The normalized spacial score (nSPS) is 15.1. The van der Waals surface area contributed by atoms with Crippen LogP contribution in [0.3, 0.4) is 0 Å². The Morgan fingerprint density at radius 1 is 1.46 bits per heavy atom. The second kappa shape index (κ2) is 3.06. The Hall–Kier alpha value is -1.56. The van der Waals surface area contributed by atoms with Gasteiger partial charge in [0.15, 0.2) is 0 Å². The predicted octanol–water partition coefficient (Wildman–Crippen LogP) is 2.24. The summed E-state index contributed by atoms with van der Waals surface area (Å²) in [6.07, 6.45) is 2.19. The molecule has 2 rings (SSSR count). The molecule has 13 heavy (non-hydrogen) atoms. The van der Waals surface area contributed by atoms with Crippen LogP contribution in [-0.2, 0) is 0 Å². The first-order valence-corrected chi connectivity index (χ1v) is 4.16. The first-order chi connectivity index (χ1) is 6.29. The maximum absolute atomic E-state index is 12.8. The van der Waals surface area contributed by atoms with Crippen LogP contribution in [0, 0.1) is 17.1 Å². The molecule has 0 unspecified atom stereocenters. The third-order valence-corrected chi connectivity index (χ3v) is 1.88. The lowest BCUT2D eigenvalue weighted by atomic mass is 10.2. The SMILES string of the molecule is N#Cc1ccc(F)cc1OC1CC1. The smallest absolute Gasteiger partial charge is 0.140 e. The molecule has 66 valence electrons. The number of hydrogen-bond acceptors (Lipinski definition) is 2. The first-order valence-electron chi connectivity index (χ1n) is 4.16. The summed E-state index contributed by atoms with van der Waals surface area (Å²) in [5, 5.41) is 8.69. The van der Waals surface area contributed by atoms with Gasteiger partial charge in [0.2, 0.25) is 0 Å². The number of nitriles is 1. The summed E-state index contributed by atoms with van der Waals surface area (Å²) in [4.78, 5) is 0. The summed E-state index contributed by atoms with van der Waals surface area (Å²) < 4.78 is 18.1. The van der Waals surface area contributed by atoms with Gasteiger partial charge < -0.3 is 4.74 Å². The third kappa shape index (κ3) is 1.78. The van der Waals surface area contributed by atoms with Crippen molar-refractivity contribution in [2.75, 3.05) is 0 Å². The molecule has 0 N–H and O–H groups in total. The summed E-state index contributed by atoms with van der Waals surface area (Å²) in [6, 6.07) is 5.92. The van der Waals surface area contributed by atoms with Gasteiger partial charge >= 0.3 is 0 Å². The van der Waals surface area contributed by atoms with E-state index in [0.717, 1.165) is 12.8 Å². The van der Waals surface area contributed by atoms with Crippen LogP contribution in [-0.4, -0.2) is 6.10 Å². The van der Waals surface area contributed by atoms with E-state index in [1.165, 1.54) is 18.2 Å². The van der Waals surface area contributed by atoms with Crippen molar-refractivity contribution in [3.63, 3.8) is 0 Å². The highest BCUT2D eigenvalue weighted by Crippen LogP contribution is 2.29. The lowest BCUT2D eigenvalue weighted by Gasteiger charge is -2.05. The molecule has 1 aliphatic carbocycles. The molecule has 1 fully saturated rings. The van der Waals surface area contributed by atoms with E-state index in [2.05, 4.69) is 0 Å². The van der Waals surface area contributed by atoms with Gasteiger partial charge in [0.25, 0.3) is 0 Å². The minimum Gasteiger partial charge on any atom is -0.489 e. The second-order valence-electron chi connectivity index (χ2n) is 3.07. The van der Waals surface area contributed by atoms with Crippen LogP contribution in [0.4, 0.5) is 4.39 Å². The summed E-state index contributed by atoms with van der Waals surface area (Å²) in [5.74, 6) is -0.000324. The summed E-state index contributed by atoms with van der Waals surface area (Å²) >= 11 is 0. The van der Waals surface area contributed by atoms with Crippen LogP contribution >= 0.6 is 0 Å². The van der Waals surface area contributed by atoms with E-state index in [4.69, 9.17) is 10.00 Å². The highest BCUT2D eigenvalue weighted by atomic mass is 19.1. The van der Waals surface area contributed by atoms with Gasteiger partial charge in [0, 0.05) is 6.07 Å². The Balaban J connectivity index is 2.29. The van der Waals surface area contributed by atoms with Crippen LogP contribution in [0.5, 0.6) is 5.75 Å². The number of rotatable bonds is 2. The van der Waals surface area contributed by atoms with E-state index in [9.17, 15) is 4.39 Å². The van der Waals surface area contributed by atoms with Gasteiger partial charge in [-0.15, -0.1) is 0 Å². The molecule has 0 atom stereocenters. The largest absolute Gasteiger partial charge is 0.489 e. The Labute approximate surface area is 75.6 Å². The van der Waals surface area contributed by atoms with E-state index in [1.807, 2.05) is 6.07 Å². The molecular formula is C10H8FNO. The monoisotopic (exact) mass is 177 g/mol. The number of nitrogens with zero attached hydrogens (tertiary/aromatic N) is 1. The Morgan fingerprint density at radius 2 is 2.23 bits per heavy atom. The Morgan fingerprint density at radius 3 is 2.85 bits per heavy atom. The number of halogens is 1. The second-order valence-corrected chi connectivity index (χ2v) is 3.07. The van der Waals surface area contributed by atoms with E-state index < -0.39 is 0 Å². The molecule has 0 saturated heterocycles. The van der Waals surface area contributed by atoms with Crippen LogP contribution < -0.4 is 4.74 Å². The molecule has 0 aromatic heterocycles. The average Bonchev–Trinajstić information content (AvgIpc) is 2.89. The maximum atomic E-state index is 12.8. The highest BCUT2D eigenvalue weighted by Gasteiger charge is 2.24. The summed E-state index contributed by atoms with van der Waals surface area (Å²) in [7, 11) is 0. The van der Waals surface area contributed by atoms with Crippen LogP contribution in [0.25, 0.3) is 0 Å². The highest BCUT2D eigenvalue weighted by molar-refractivity contribution is 5.43. The number of benzene rings is 1. The van der Waals surface area contributed by atoms with Gasteiger partial charge in [-0.1, -0.05) is 0 Å². The van der Waals surface area contributed by atoms with Gasteiger partial charge in [0.05, 0.1) is 11.7 Å². The zero-order valence-electron chi connectivity index (χ0n) is 6.96. The molecule has 3 heteroatoms. The van der Waals surface area contributed by atoms with Crippen molar-refractivity contribution in [2.45, 2.75) is 18.9 Å². The van der Waals surface area contributed by atoms with Gasteiger partial charge in [-0.3, -0.25) is 0 Å². The molecule has 1 aromatic rings. The minimum absolute atomic E-state index is 0.189. The molecule has 0 bridgehead atoms. The molecular weight excluding hydrogens is 169 g/mol. The van der Waals surface area contributed by atoms with Crippen LogP contribution in [0.1, 0.15) is 18.4 Å². The number of hydrogen-bond donors (Lipinski definition) is 0. The van der Waals surface area contributed by atoms with Gasteiger partial charge in [0.1, 0.15) is 17.6 Å². The molecule has 1 aliphatic rings. The molecule has 0 radical (unpaired) electrons. The van der Waals surface area contributed by atoms with Gasteiger partial charge in [-0.05, 0) is 25.0 Å². The summed E-state index contributed by atoms with van der Waals surface area (Å²) in [6.45, 7) is 0. The lowest BCUT2D eigenvalue weighted by molar-refractivity contribution is 0.301. The van der Waals surface area contributed by atoms with E-state index >= 15 is 0 Å². The number of ether oxygens (including phenoxy) is 1. The fourth-order valence-electron chi connectivity index (χ4n) is 1.05. The van der Waals surface area contributed by atoms with E-state index in [-0.39, 0.29) is 11.9 Å². The van der Waals surface area contributed by atoms with Crippen molar-refractivity contribution in [1.29, 1.82) is 5.26 Å². The first kappa shape index (κ1) is 8.06. The molecule has 1 aromatic carbocycles. The van der Waals surface area contributed by atoms with Crippen molar-refractivity contribution in [3.05, 3.63) is 29.6 Å². The topological polar surface area (TPSA) is 33.0 Å². The summed E-state index contributed by atoms with van der Waals surface area (Å²) in [5.41, 5.74) is 0.397. The Bertz CT molecular complexity index is 366. The van der Waals surface area contributed by atoms with Crippen molar-refractivity contribution in [2.24, 2.45) is 0 Å². The van der Waals surface area contributed by atoms with Gasteiger partial charge in [-0.25, -0.2) is 4.39 Å². The fourth-order valence-corrected chi connectivity index (χ4v) is 1.05. The van der Waals surface area contributed by atoms with E-state index in [0.29, 0.717) is 11.3 Å².